The number of aliphatic hydroxyl groups excluding tert-OH is 1. The van der Waals surface area contributed by atoms with Crippen molar-refractivity contribution in [3.8, 4) is 39.9 Å². The molecule has 2 aliphatic rings. The average molecular weight is 754 g/mol. The number of methoxy groups -OCH3 is 2. The number of rotatable bonds is 14. The van der Waals surface area contributed by atoms with E-state index in [1.807, 2.05) is 42.5 Å². The molecule has 282 valence electrons. The maximum atomic E-state index is 14.4. The van der Waals surface area contributed by atoms with Crippen molar-refractivity contribution < 1.29 is 37.3 Å². The second-order valence-electron chi connectivity index (χ2n) is 13.3. The summed E-state index contributed by atoms with van der Waals surface area (Å²) in [5.74, 6) is 0.192. The van der Waals surface area contributed by atoms with Crippen molar-refractivity contribution in [3.63, 3.8) is 0 Å². The summed E-state index contributed by atoms with van der Waals surface area (Å²) < 4.78 is 60.4. The summed E-state index contributed by atoms with van der Waals surface area (Å²) in [4.78, 5) is 20.3. The number of alkyl halides is 3. The molecule has 14 heteroatoms. The van der Waals surface area contributed by atoms with Crippen LogP contribution in [0.15, 0.2) is 54.7 Å². The molecule has 53 heavy (non-hydrogen) atoms. The highest BCUT2D eigenvalue weighted by Gasteiger charge is 2.38. The van der Waals surface area contributed by atoms with E-state index < -0.39 is 29.8 Å². The van der Waals surface area contributed by atoms with Gasteiger partial charge >= 0.3 is 6.18 Å². The van der Waals surface area contributed by atoms with E-state index in [9.17, 15) is 23.1 Å². The minimum absolute atomic E-state index is 0.00645. The molecule has 1 fully saturated rings. The lowest BCUT2D eigenvalue weighted by Crippen LogP contribution is -2.35. The summed E-state index contributed by atoms with van der Waals surface area (Å²) in [5.41, 5.74) is 4.73. The lowest BCUT2D eigenvalue weighted by molar-refractivity contribution is -0.139. The van der Waals surface area contributed by atoms with Crippen LogP contribution in [0.25, 0.3) is 22.4 Å². The minimum Gasteiger partial charge on any atom is -0.496 e. The predicted molar refractivity (Wildman–Crippen MR) is 195 cm³/mol. The monoisotopic (exact) mass is 753 g/mol. The number of nitrogens with zero attached hydrogens (tertiary/aromatic N) is 2. The first kappa shape index (κ1) is 38.3. The molecule has 10 nitrogen and oxygen atoms in total. The standard InChI is InChI=1S/C39H43ClF3N5O5/c1-22(49)18-44-20-25-16-31(39(41,42)43)38(48-37(25)52-3)53-32-9-5-7-27-28(6-4-8-29(27)32)30-14-15-46-36(35(30)40)23-10-11-24(33(17-23)51-2)19-45-21-26-12-13-34(50)47-26/h4,6,8,10-11,14-17,22,26,32,44-45,49H,5,7,9,12-13,18-21H2,1-3H3,(H,47,50)/t22-,26+,32+/m1/s1. The predicted octanol–water partition coefficient (Wildman–Crippen LogP) is 6.80. The van der Waals surface area contributed by atoms with Crippen molar-refractivity contribution in [1.29, 1.82) is 0 Å². The quantitative estimate of drug-likeness (QED) is 0.110. The molecule has 3 heterocycles. The third-order valence-corrected chi connectivity index (χ3v) is 9.90. The Bertz CT molecular complexity index is 1940. The number of aliphatic hydroxyl groups is 1. The lowest BCUT2D eigenvalue weighted by Gasteiger charge is -2.29. The van der Waals surface area contributed by atoms with Gasteiger partial charge in [0.1, 0.15) is 17.4 Å². The van der Waals surface area contributed by atoms with Crippen LogP contribution in [-0.2, 0) is 30.5 Å². The third kappa shape index (κ3) is 8.86. The Kier molecular flexibility index (Phi) is 12.1. The van der Waals surface area contributed by atoms with Gasteiger partial charge in [-0.15, -0.1) is 0 Å². The van der Waals surface area contributed by atoms with Gasteiger partial charge in [0.25, 0.3) is 0 Å². The molecular weight excluding hydrogens is 711 g/mol. The van der Waals surface area contributed by atoms with E-state index in [0.717, 1.165) is 45.9 Å². The number of pyridine rings is 2. The number of carbonyl (C=O) groups is 1. The number of ether oxygens (including phenoxy) is 3. The smallest absolute Gasteiger partial charge is 0.421 e. The SMILES string of the molecule is COc1cc(-c2nccc(-c3cccc4c3CCC[C@@H]4Oc3nc(OC)c(CNC[C@@H](C)O)cc3C(F)(F)F)c2Cl)ccc1CNC[C@@H]1CCC(=O)N1. The number of halogens is 4. The van der Waals surface area contributed by atoms with Crippen LogP contribution in [0, 0.1) is 0 Å². The molecule has 3 atom stereocenters. The van der Waals surface area contributed by atoms with E-state index in [-0.39, 0.29) is 36.5 Å². The summed E-state index contributed by atoms with van der Waals surface area (Å²) in [7, 11) is 2.95. The fraction of sp³-hybridized carbons (Fsp3) is 0.410. The van der Waals surface area contributed by atoms with Crippen LogP contribution >= 0.6 is 11.6 Å². The van der Waals surface area contributed by atoms with Gasteiger partial charge in [-0.2, -0.15) is 18.2 Å². The Labute approximate surface area is 311 Å². The molecule has 2 aromatic heterocycles. The number of benzene rings is 2. The zero-order valence-electron chi connectivity index (χ0n) is 29.8. The molecule has 1 saturated heterocycles. The maximum absolute atomic E-state index is 14.4. The highest BCUT2D eigenvalue weighted by Crippen LogP contribution is 2.45. The highest BCUT2D eigenvalue weighted by molar-refractivity contribution is 6.35. The van der Waals surface area contributed by atoms with Crippen molar-refractivity contribution in [2.75, 3.05) is 27.3 Å². The number of fused-ring (bicyclic) bond motifs is 1. The van der Waals surface area contributed by atoms with E-state index in [4.69, 9.17) is 25.8 Å². The molecule has 1 aliphatic carbocycles. The molecular formula is C39H43ClF3N5O5. The molecule has 4 N–H and O–H groups in total. The number of nitrogens with one attached hydrogen (secondary N) is 3. The Morgan fingerprint density at radius 3 is 2.53 bits per heavy atom. The Hall–Kier alpha value is -4.43. The van der Waals surface area contributed by atoms with Crippen LogP contribution in [0.4, 0.5) is 13.2 Å². The second-order valence-corrected chi connectivity index (χ2v) is 13.7. The molecule has 1 amide bonds. The van der Waals surface area contributed by atoms with E-state index in [1.165, 1.54) is 7.11 Å². The van der Waals surface area contributed by atoms with Gasteiger partial charge in [0, 0.05) is 67.1 Å². The zero-order chi connectivity index (χ0) is 37.7. The largest absolute Gasteiger partial charge is 0.496 e. The fourth-order valence-electron chi connectivity index (χ4n) is 6.95. The first-order valence-electron chi connectivity index (χ1n) is 17.6. The van der Waals surface area contributed by atoms with E-state index in [2.05, 4.69) is 25.9 Å². The minimum atomic E-state index is -4.74. The van der Waals surface area contributed by atoms with E-state index in [1.54, 1.807) is 20.2 Å². The molecule has 2 aromatic carbocycles. The summed E-state index contributed by atoms with van der Waals surface area (Å²) in [6.07, 6.45) is -1.23. The normalized spacial score (nSPS) is 17.6. The van der Waals surface area contributed by atoms with Gasteiger partial charge in [-0.05, 0) is 67.5 Å². The third-order valence-electron chi connectivity index (χ3n) is 9.52. The molecule has 6 rings (SSSR count). The van der Waals surface area contributed by atoms with Crippen molar-refractivity contribution in [2.45, 2.75) is 76.5 Å². The van der Waals surface area contributed by atoms with Gasteiger partial charge in [0.05, 0.1) is 31.0 Å². The van der Waals surface area contributed by atoms with Crippen LogP contribution < -0.4 is 30.2 Å². The van der Waals surface area contributed by atoms with Gasteiger partial charge < -0.3 is 35.3 Å². The van der Waals surface area contributed by atoms with Gasteiger partial charge in [0.2, 0.25) is 17.7 Å². The van der Waals surface area contributed by atoms with Gasteiger partial charge in [-0.3, -0.25) is 9.78 Å². The molecule has 0 unspecified atom stereocenters. The van der Waals surface area contributed by atoms with Gasteiger partial charge in [-0.25, -0.2) is 0 Å². The van der Waals surface area contributed by atoms with Crippen LogP contribution in [0.2, 0.25) is 5.02 Å². The summed E-state index contributed by atoms with van der Waals surface area (Å²) in [6, 6.07) is 14.4. The molecule has 0 radical (unpaired) electrons. The van der Waals surface area contributed by atoms with E-state index in [0.29, 0.717) is 55.2 Å². The summed E-state index contributed by atoms with van der Waals surface area (Å²) >= 11 is 7.11. The fourth-order valence-corrected chi connectivity index (χ4v) is 7.27. The molecule has 1 aliphatic heterocycles. The first-order valence-corrected chi connectivity index (χ1v) is 18.0. The second kappa shape index (κ2) is 16.7. The number of aromatic nitrogens is 2. The Balaban J connectivity index is 1.27. The Morgan fingerprint density at radius 2 is 1.81 bits per heavy atom. The van der Waals surface area contributed by atoms with E-state index >= 15 is 0 Å². The lowest BCUT2D eigenvalue weighted by atomic mass is 9.84. The molecule has 0 bridgehead atoms. The maximum Gasteiger partial charge on any atom is 0.421 e. The van der Waals surface area contributed by atoms with Crippen molar-refractivity contribution in [3.05, 3.63) is 87.6 Å². The van der Waals surface area contributed by atoms with Crippen LogP contribution in [-0.4, -0.2) is 60.4 Å². The topological polar surface area (TPSA) is 127 Å². The van der Waals surface area contributed by atoms with Crippen LogP contribution in [0.3, 0.4) is 0 Å². The highest BCUT2D eigenvalue weighted by atomic mass is 35.5. The van der Waals surface area contributed by atoms with Crippen molar-refractivity contribution in [2.24, 2.45) is 0 Å². The number of carbonyl (C=O) groups excluding carboxylic acids is 1. The Morgan fingerprint density at radius 1 is 1.00 bits per heavy atom. The average Bonchev–Trinajstić information content (AvgIpc) is 3.56. The number of hydrogen-bond acceptors (Lipinski definition) is 9. The van der Waals surface area contributed by atoms with Crippen molar-refractivity contribution in [1.82, 2.24) is 25.9 Å². The van der Waals surface area contributed by atoms with Crippen LogP contribution in [0.5, 0.6) is 17.5 Å². The number of hydrogen-bond donors (Lipinski definition) is 4. The summed E-state index contributed by atoms with van der Waals surface area (Å²) in [5, 5.41) is 19.3. The van der Waals surface area contributed by atoms with Crippen molar-refractivity contribution >= 4 is 17.5 Å². The van der Waals surface area contributed by atoms with Crippen LogP contribution in [0.1, 0.15) is 66.5 Å². The van der Waals surface area contributed by atoms with Gasteiger partial charge in [0.15, 0.2) is 0 Å². The zero-order valence-corrected chi connectivity index (χ0v) is 30.5. The van der Waals surface area contributed by atoms with Gasteiger partial charge in [-0.1, -0.05) is 41.9 Å². The number of amides is 1. The first-order chi connectivity index (χ1) is 25.5. The molecule has 0 spiro atoms. The summed E-state index contributed by atoms with van der Waals surface area (Å²) in [6.45, 7) is 2.99. The molecule has 4 aromatic rings. The molecule has 0 saturated carbocycles.